The summed E-state index contributed by atoms with van der Waals surface area (Å²) in [6.45, 7) is 4.40. The van der Waals surface area contributed by atoms with Gasteiger partial charge in [-0.05, 0) is 50.3 Å². The van der Waals surface area contributed by atoms with Crippen LogP contribution < -0.4 is 10.1 Å². The van der Waals surface area contributed by atoms with Gasteiger partial charge in [-0.3, -0.25) is 0 Å². The maximum absolute atomic E-state index is 13.7. The van der Waals surface area contributed by atoms with Crippen LogP contribution >= 0.6 is 0 Å². The quantitative estimate of drug-likeness (QED) is 0.908. The molecule has 1 aromatic rings. The maximum atomic E-state index is 13.7. The first kappa shape index (κ1) is 15.2. The fraction of sp³-hybridized carbons (Fsp3) is 0.625. The van der Waals surface area contributed by atoms with Crippen LogP contribution in [0.1, 0.15) is 33.1 Å². The molecule has 0 aliphatic heterocycles. The highest BCUT2D eigenvalue weighted by Crippen LogP contribution is 2.33. The average Bonchev–Trinajstić information content (AvgIpc) is 2.42. The molecular weight excluding hydrogens is 260 g/mol. The fourth-order valence-corrected chi connectivity index (χ4v) is 2.96. The number of rotatable bonds is 4. The van der Waals surface area contributed by atoms with Crippen molar-refractivity contribution in [3.8, 4) is 5.75 Å². The topological polar surface area (TPSA) is 21.3 Å². The monoisotopic (exact) mass is 283 g/mol. The zero-order valence-electron chi connectivity index (χ0n) is 12.3. The molecule has 2 nitrogen and oxygen atoms in total. The first-order valence-corrected chi connectivity index (χ1v) is 7.30. The highest BCUT2D eigenvalue weighted by atomic mass is 19.1. The minimum Gasteiger partial charge on any atom is -0.486 e. The summed E-state index contributed by atoms with van der Waals surface area (Å²) in [5.74, 6) is 0.184. The van der Waals surface area contributed by atoms with Crippen molar-refractivity contribution in [1.29, 1.82) is 0 Å². The Kier molecular flexibility index (Phi) is 4.97. The largest absolute Gasteiger partial charge is 0.486 e. The van der Waals surface area contributed by atoms with Gasteiger partial charge in [0.15, 0.2) is 11.6 Å². The second-order valence-corrected chi connectivity index (χ2v) is 5.94. The minimum atomic E-state index is -0.507. The lowest BCUT2D eigenvalue weighted by Crippen LogP contribution is -2.46. The van der Waals surface area contributed by atoms with Crippen LogP contribution in [0.2, 0.25) is 0 Å². The highest BCUT2D eigenvalue weighted by Gasteiger charge is 2.32. The van der Waals surface area contributed by atoms with E-state index >= 15 is 0 Å². The SMILES string of the molecule is CNC1CCC(C(C)C)CC1Oc1cc(F)ccc1F. The van der Waals surface area contributed by atoms with Gasteiger partial charge in [0.1, 0.15) is 11.9 Å². The van der Waals surface area contributed by atoms with Crippen LogP contribution in [0.15, 0.2) is 18.2 Å². The van der Waals surface area contributed by atoms with Gasteiger partial charge < -0.3 is 10.1 Å². The highest BCUT2D eigenvalue weighted by molar-refractivity contribution is 5.25. The summed E-state index contributed by atoms with van der Waals surface area (Å²) in [7, 11) is 1.89. The van der Waals surface area contributed by atoms with E-state index in [1.54, 1.807) is 0 Å². The molecule has 4 heteroatoms. The zero-order valence-corrected chi connectivity index (χ0v) is 12.3. The minimum absolute atomic E-state index is 0.0136. The van der Waals surface area contributed by atoms with Gasteiger partial charge >= 0.3 is 0 Å². The van der Waals surface area contributed by atoms with Crippen molar-refractivity contribution in [3.63, 3.8) is 0 Å². The van der Waals surface area contributed by atoms with Crippen LogP contribution in [-0.2, 0) is 0 Å². The van der Waals surface area contributed by atoms with E-state index in [4.69, 9.17) is 4.74 Å². The average molecular weight is 283 g/mol. The molecule has 2 rings (SSSR count). The standard InChI is InChI=1S/C16H23F2NO/c1-10(2)11-4-7-14(19-3)16(8-11)20-15-9-12(17)5-6-13(15)18/h5-6,9-11,14,16,19H,4,7-8H2,1-3H3. The van der Waals surface area contributed by atoms with Crippen molar-refractivity contribution in [2.24, 2.45) is 11.8 Å². The summed E-state index contributed by atoms with van der Waals surface area (Å²) >= 11 is 0. The summed E-state index contributed by atoms with van der Waals surface area (Å²) in [4.78, 5) is 0. The van der Waals surface area contributed by atoms with Crippen molar-refractivity contribution in [2.45, 2.75) is 45.3 Å². The molecular formula is C16H23F2NO. The summed E-state index contributed by atoms with van der Waals surface area (Å²) in [6, 6.07) is 3.53. The van der Waals surface area contributed by atoms with Crippen LogP contribution in [-0.4, -0.2) is 19.2 Å². The zero-order chi connectivity index (χ0) is 14.7. The van der Waals surface area contributed by atoms with Crippen LogP contribution in [0.5, 0.6) is 5.75 Å². The molecule has 3 atom stereocenters. The number of hydrogen-bond donors (Lipinski definition) is 1. The van der Waals surface area contributed by atoms with E-state index in [0.29, 0.717) is 11.8 Å². The first-order valence-electron chi connectivity index (χ1n) is 7.30. The fourth-order valence-electron chi connectivity index (χ4n) is 2.96. The molecule has 1 aromatic carbocycles. The van der Waals surface area contributed by atoms with E-state index in [9.17, 15) is 8.78 Å². The summed E-state index contributed by atoms with van der Waals surface area (Å²) < 4.78 is 32.7. The third-order valence-electron chi connectivity index (χ3n) is 4.32. The molecule has 20 heavy (non-hydrogen) atoms. The number of halogens is 2. The van der Waals surface area contributed by atoms with Crippen molar-refractivity contribution < 1.29 is 13.5 Å². The van der Waals surface area contributed by atoms with E-state index in [1.165, 1.54) is 0 Å². The molecule has 112 valence electrons. The Bertz CT molecular complexity index is 450. The molecule has 1 aliphatic carbocycles. The van der Waals surface area contributed by atoms with E-state index < -0.39 is 11.6 Å². The molecule has 0 saturated heterocycles. The molecule has 1 aliphatic rings. The Morgan fingerprint density at radius 1 is 1.25 bits per heavy atom. The van der Waals surface area contributed by atoms with Crippen LogP contribution in [0.25, 0.3) is 0 Å². The summed E-state index contributed by atoms with van der Waals surface area (Å²) in [5, 5.41) is 3.23. The van der Waals surface area contributed by atoms with Gasteiger partial charge in [0, 0.05) is 12.1 Å². The van der Waals surface area contributed by atoms with Gasteiger partial charge in [0.25, 0.3) is 0 Å². The third kappa shape index (κ3) is 3.48. The second-order valence-electron chi connectivity index (χ2n) is 5.94. The lowest BCUT2D eigenvalue weighted by molar-refractivity contribution is 0.0714. The van der Waals surface area contributed by atoms with Gasteiger partial charge in [0.05, 0.1) is 0 Å². The summed E-state index contributed by atoms with van der Waals surface area (Å²) in [6.07, 6.45) is 2.91. The number of nitrogens with one attached hydrogen (secondary N) is 1. The molecule has 0 radical (unpaired) electrons. The molecule has 0 amide bonds. The van der Waals surface area contributed by atoms with Gasteiger partial charge in [0.2, 0.25) is 0 Å². The Morgan fingerprint density at radius 3 is 2.65 bits per heavy atom. The van der Waals surface area contributed by atoms with Gasteiger partial charge in [-0.1, -0.05) is 13.8 Å². The van der Waals surface area contributed by atoms with E-state index in [2.05, 4.69) is 19.2 Å². The number of likely N-dealkylation sites (N-methyl/N-ethyl adjacent to an activating group) is 1. The summed E-state index contributed by atoms with van der Waals surface area (Å²) in [5.41, 5.74) is 0. The van der Waals surface area contributed by atoms with Crippen LogP contribution in [0.3, 0.4) is 0 Å². The van der Waals surface area contributed by atoms with E-state index in [-0.39, 0.29) is 17.9 Å². The molecule has 0 heterocycles. The first-order chi connectivity index (χ1) is 9.51. The van der Waals surface area contributed by atoms with Crippen LogP contribution in [0, 0.1) is 23.5 Å². The lowest BCUT2D eigenvalue weighted by Gasteiger charge is -2.37. The Hall–Kier alpha value is -1.16. The Labute approximate surface area is 119 Å². The molecule has 0 bridgehead atoms. The number of hydrogen-bond acceptors (Lipinski definition) is 2. The molecule has 1 saturated carbocycles. The van der Waals surface area contributed by atoms with Gasteiger partial charge in [-0.2, -0.15) is 0 Å². The van der Waals surface area contributed by atoms with Crippen molar-refractivity contribution >= 4 is 0 Å². The molecule has 1 fully saturated rings. The molecule has 0 aromatic heterocycles. The molecule has 1 N–H and O–H groups in total. The lowest BCUT2D eigenvalue weighted by atomic mass is 9.78. The normalized spacial score (nSPS) is 26.8. The third-order valence-corrected chi connectivity index (χ3v) is 4.32. The van der Waals surface area contributed by atoms with Crippen molar-refractivity contribution in [2.75, 3.05) is 7.05 Å². The molecule has 0 spiro atoms. The van der Waals surface area contributed by atoms with E-state index in [0.717, 1.165) is 37.5 Å². The maximum Gasteiger partial charge on any atom is 0.165 e. The van der Waals surface area contributed by atoms with E-state index in [1.807, 2.05) is 7.05 Å². The molecule has 3 unspecified atom stereocenters. The Morgan fingerprint density at radius 2 is 2.00 bits per heavy atom. The van der Waals surface area contributed by atoms with Gasteiger partial charge in [-0.25, -0.2) is 8.78 Å². The Balaban J connectivity index is 2.13. The predicted molar refractivity (Wildman–Crippen MR) is 75.8 cm³/mol. The van der Waals surface area contributed by atoms with Gasteiger partial charge in [-0.15, -0.1) is 0 Å². The van der Waals surface area contributed by atoms with Crippen LogP contribution in [0.4, 0.5) is 8.78 Å². The smallest absolute Gasteiger partial charge is 0.165 e. The number of benzene rings is 1. The predicted octanol–water partition coefficient (Wildman–Crippen LogP) is 3.76. The van der Waals surface area contributed by atoms with Crippen molar-refractivity contribution in [1.82, 2.24) is 5.32 Å². The number of ether oxygens (including phenoxy) is 1. The van der Waals surface area contributed by atoms with Crippen molar-refractivity contribution in [3.05, 3.63) is 29.8 Å². The second kappa shape index (κ2) is 6.53.